The van der Waals surface area contributed by atoms with Crippen LogP contribution in [0.25, 0.3) is 0 Å². The maximum absolute atomic E-state index is 5.43. The number of benzene rings is 1. The molecule has 0 saturated carbocycles. The Bertz CT molecular complexity index is 352. The molecule has 2 nitrogen and oxygen atoms in total. The Kier molecular flexibility index (Phi) is 3.85. The van der Waals surface area contributed by atoms with Crippen molar-refractivity contribution >= 4 is 0 Å². The smallest absolute Gasteiger partial charge is 0.0598 e. The van der Waals surface area contributed by atoms with Gasteiger partial charge < -0.3 is 10.1 Å². The first-order valence-corrected chi connectivity index (χ1v) is 6.57. The summed E-state index contributed by atoms with van der Waals surface area (Å²) < 4.78 is 5.43. The van der Waals surface area contributed by atoms with Crippen LogP contribution >= 0.6 is 0 Å². The van der Waals surface area contributed by atoms with E-state index in [1.165, 1.54) is 11.1 Å². The van der Waals surface area contributed by atoms with Crippen molar-refractivity contribution in [2.45, 2.75) is 32.1 Å². The van der Waals surface area contributed by atoms with Gasteiger partial charge in [-0.1, -0.05) is 45.0 Å². The predicted octanol–water partition coefficient (Wildman–Crippen LogP) is 2.69. The van der Waals surface area contributed by atoms with Crippen LogP contribution in [0.15, 0.2) is 24.3 Å². The van der Waals surface area contributed by atoms with Crippen LogP contribution in [0.2, 0.25) is 0 Å². The van der Waals surface area contributed by atoms with Gasteiger partial charge in [-0.3, -0.25) is 0 Å². The lowest BCUT2D eigenvalue weighted by Crippen LogP contribution is -2.53. The summed E-state index contributed by atoms with van der Waals surface area (Å²) in [5.41, 5.74) is 3.03. The zero-order valence-corrected chi connectivity index (χ0v) is 11.1. The Morgan fingerprint density at radius 2 is 1.88 bits per heavy atom. The Labute approximate surface area is 104 Å². The third-order valence-corrected chi connectivity index (χ3v) is 3.66. The minimum Gasteiger partial charge on any atom is -0.379 e. The van der Waals surface area contributed by atoms with Crippen molar-refractivity contribution in [3.05, 3.63) is 35.4 Å². The van der Waals surface area contributed by atoms with Crippen molar-refractivity contribution in [1.82, 2.24) is 5.32 Å². The Hall–Kier alpha value is -0.860. The molecule has 0 aromatic heterocycles. The van der Waals surface area contributed by atoms with Gasteiger partial charge in [-0.2, -0.15) is 0 Å². The summed E-state index contributed by atoms with van der Waals surface area (Å²) in [5.74, 6) is 0.603. The van der Waals surface area contributed by atoms with Gasteiger partial charge in [0.25, 0.3) is 0 Å². The van der Waals surface area contributed by atoms with Crippen LogP contribution in [0.5, 0.6) is 0 Å². The summed E-state index contributed by atoms with van der Waals surface area (Å²) in [5, 5.41) is 3.45. The highest BCUT2D eigenvalue weighted by molar-refractivity contribution is 5.32. The van der Waals surface area contributed by atoms with Gasteiger partial charge in [0.05, 0.1) is 18.6 Å². The maximum atomic E-state index is 5.43. The lowest BCUT2D eigenvalue weighted by molar-refractivity contribution is -0.0588. The van der Waals surface area contributed by atoms with Crippen LogP contribution < -0.4 is 5.32 Å². The van der Waals surface area contributed by atoms with Crippen molar-refractivity contribution in [3.63, 3.8) is 0 Å². The number of likely N-dealkylation sites (N-methyl/N-ethyl adjacent to an activating group) is 1. The van der Waals surface area contributed by atoms with E-state index >= 15 is 0 Å². The summed E-state index contributed by atoms with van der Waals surface area (Å²) in [4.78, 5) is 0. The van der Waals surface area contributed by atoms with Gasteiger partial charge in [0.2, 0.25) is 0 Å². The van der Waals surface area contributed by atoms with E-state index in [-0.39, 0.29) is 5.41 Å². The van der Waals surface area contributed by atoms with E-state index in [4.69, 9.17) is 4.74 Å². The number of rotatable bonds is 5. The van der Waals surface area contributed by atoms with E-state index in [2.05, 4.69) is 50.4 Å². The van der Waals surface area contributed by atoms with Crippen LogP contribution in [0.1, 0.15) is 37.8 Å². The van der Waals surface area contributed by atoms with Crippen LogP contribution in [0.3, 0.4) is 0 Å². The van der Waals surface area contributed by atoms with Gasteiger partial charge in [-0.25, -0.2) is 0 Å². The lowest BCUT2D eigenvalue weighted by Gasteiger charge is -2.42. The van der Waals surface area contributed by atoms with Crippen molar-refractivity contribution in [1.29, 1.82) is 0 Å². The van der Waals surface area contributed by atoms with Crippen molar-refractivity contribution in [2.24, 2.45) is 0 Å². The number of nitrogens with one attached hydrogen (secondary N) is 1. The highest BCUT2D eigenvalue weighted by Gasteiger charge is 2.39. The normalized spacial score (nSPS) is 18.1. The molecule has 17 heavy (non-hydrogen) atoms. The highest BCUT2D eigenvalue weighted by atomic mass is 16.5. The minimum atomic E-state index is 0.214. The van der Waals surface area contributed by atoms with Gasteiger partial charge >= 0.3 is 0 Å². The van der Waals surface area contributed by atoms with E-state index in [0.717, 1.165) is 26.3 Å². The van der Waals surface area contributed by atoms with Gasteiger partial charge in [-0.15, -0.1) is 0 Å². The first-order chi connectivity index (χ1) is 8.18. The summed E-state index contributed by atoms with van der Waals surface area (Å²) in [6.45, 7) is 10.3. The van der Waals surface area contributed by atoms with Crippen LogP contribution in [0.4, 0.5) is 0 Å². The molecule has 0 atom stereocenters. The molecule has 1 N–H and O–H groups in total. The lowest BCUT2D eigenvalue weighted by atomic mass is 9.78. The molecule has 0 amide bonds. The molecular formula is C15H23NO. The second-order valence-corrected chi connectivity index (χ2v) is 5.33. The first kappa shape index (κ1) is 12.6. The number of ether oxygens (including phenoxy) is 1. The average molecular weight is 233 g/mol. The molecule has 0 bridgehead atoms. The molecule has 1 aliphatic rings. The van der Waals surface area contributed by atoms with E-state index in [9.17, 15) is 0 Å². The molecule has 1 aliphatic heterocycles. The fourth-order valence-corrected chi connectivity index (χ4v) is 2.31. The SMILES string of the molecule is CCNCC1(c2ccc(C(C)C)cc2)COC1. The van der Waals surface area contributed by atoms with Crippen LogP contribution in [-0.2, 0) is 10.2 Å². The zero-order valence-electron chi connectivity index (χ0n) is 11.1. The quantitative estimate of drug-likeness (QED) is 0.844. The molecule has 0 radical (unpaired) electrons. The molecule has 94 valence electrons. The van der Waals surface area contributed by atoms with Gasteiger partial charge in [0.15, 0.2) is 0 Å². The molecule has 0 unspecified atom stereocenters. The van der Waals surface area contributed by atoms with Gasteiger partial charge in [0, 0.05) is 6.54 Å². The molecule has 1 heterocycles. The number of hydrogen-bond acceptors (Lipinski definition) is 2. The van der Waals surface area contributed by atoms with Crippen molar-refractivity contribution in [3.8, 4) is 0 Å². The number of hydrogen-bond donors (Lipinski definition) is 1. The minimum absolute atomic E-state index is 0.214. The largest absolute Gasteiger partial charge is 0.379 e. The average Bonchev–Trinajstić information content (AvgIpc) is 2.28. The van der Waals surface area contributed by atoms with E-state index in [1.807, 2.05) is 0 Å². The Balaban J connectivity index is 2.14. The predicted molar refractivity (Wildman–Crippen MR) is 71.6 cm³/mol. The molecule has 0 spiro atoms. The van der Waals surface area contributed by atoms with Crippen LogP contribution in [0, 0.1) is 0 Å². The summed E-state index contributed by atoms with van der Waals surface area (Å²) in [6, 6.07) is 9.06. The fourth-order valence-electron chi connectivity index (χ4n) is 2.31. The topological polar surface area (TPSA) is 21.3 Å². The molecule has 1 aromatic rings. The van der Waals surface area contributed by atoms with E-state index in [1.54, 1.807) is 0 Å². The monoisotopic (exact) mass is 233 g/mol. The molecule has 2 rings (SSSR count). The van der Waals surface area contributed by atoms with Crippen molar-refractivity contribution in [2.75, 3.05) is 26.3 Å². The fraction of sp³-hybridized carbons (Fsp3) is 0.600. The zero-order chi connectivity index (χ0) is 12.3. The molecule has 1 fully saturated rings. The third-order valence-electron chi connectivity index (χ3n) is 3.66. The standard InChI is InChI=1S/C15H23NO/c1-4-16-9-15(10-17-11-15)14-7-5-13(6-8-14)12(2)3/h5-8,12,16H,4,9-11H2,1-3H3. The van der Waals surface area contributed by atoms with E-state index in [0.29, 0.717) is 5.92 Å². The molecule has 1 saturated heterocycles. The Morgan fingerprint density at radius 3 is 2.29 bits per heavy atom. The first-order valence-electron chi connectivity index (χ1n) is 6.57. The highest BCUT2D eigenvalue weighted by Crippen LogP contribution is 2.32. The second-order valence-electron chi connectivity index (χ2n) is 5.33. The molecule has 0 aliphatic carbocycles. The van der Waals surface area contributed by atoms with Crippen molar-refractivity contribution < 1.29 is 4.74 Å². The summed E-state index contributed by atoms with van der Waals surface area (Å²) >= 11 is 0. The molecular weight excluding hydrogens is 210 g/mol. The maximum Gasteiger partial charge on any atom is 0.0598 e. The van der Waals surface area contributed by atoms with Gasteiger partial charge in [0.1, 0.15) is 0 Å². The second kappa shape index (κ2) is 5.19. The summed E-state index contributed by atoms with van der Waals surface area (Å²) in [7, 11) is 0. The summed E-state index contributed by atoms with van der Waals surface area (Å²) in [6.07, 6.45) is 0. The molecule has 2 heteroatoms. The third kappa shape index (κ3) is 2.53. The van der Waals surface area contributed by atoms with Gasteiger partial charge in [-0.05, 0) is 23.6 Å². The Morgan fingerprint density at radius 1 is 1.24 bits per heavy atom. The molecule has 1 aromatic carbocycles. The van der Waals surface area contributed by atoms with E-state index < -0.39 is 0 Å². The van der Waals surface area contributed by atoms with Crippen LogP contribution in [-0.4, -0.2) is 26.3 Å².